The third-order valence-electron chi connectivity index (χ3n) is 7.03. The molecule has 220 valence electrons. The summed E-state index contributed by atoms with van der Waals surface area (Å²) in [5.74, 6) is -1.45. The van der Waals surface area contributed by atoms with Gasteiger partial charge in [0.2, 0.25) is 17.7 Å². The highest BCUT2D eigenvalue weighted by Gasteiger charge is 2.29. The lowest BCUT2D eigenvalue weighted by atomic mass is 10.1. The minimum Gasteiger partial charge on any atom is -0.369 e. The number of urea groups is 1. The average Bonchev–Trinajstić information content (AvgIpc) is 3.02. The van der Waals surface area contributed by atoms with Crippen LogP contribution in [0.1, 0.15) is 11.1 Å². The number of amides is 5. The van der Waals surface area contributed by atoms with E-state index in [9.17, 15) is 19.2 Å². The van der Waals surface area contributed by atoms with Gasteiger partial charge in [-0.3, -0.25) is 24.2 Å². The van der Waals surface area contributed by atoms with Gasteiger partial charge in [0.25, 0.3) is 0 Å². The van der Waals surface area contributed by atoms with Crippen molar-refractivity contribution in [1.82, 2.24) is 0 Å². The van der Waals surface area contributed by atoms with Crippen molar-refractivity contribution >= 4 is 46.5 Å². The van der Waals surface area contributed by atoms with Gasteiger partial charge in [-0.05, 0) is 60.5 Å². The van der Waals surface area contributed by atoms with Crippen LogP contribution < -0.4 is 25.3 Å². The Bertz CT molecular complexity index is 1590. The zero-order chi connectivity index (χ0) is 30.9. The van der Waals surface area contributed by atoms with Crippen LogP contribution in [-0.2, 0) is 20.8 Å². The molecule has 9 nitrogen and oxygen atoms in total. The summed E-state index contributed by atoms with van der Waals surface area (Å²) in [6.07, 6.45) is -0.125. The molecular weight excluding hydrogens is 542 g/mol. The number of likely N-dealkylation sites (N-methyl/N-ethyl adjacent to an activating group) is 1. The van der Waals surface area contributed by atoms with E-state index < -0.39 is 17.8 Å². The maximum Gasteiger partial charge on any atom is 0.329 e. The van der Waals surface area contributed by atoms with Crippen LogP contribution in [0.2, 0.25) is 0 Å². The second kappa shape index (κ2) is 14.0. The predicted octanol–water partition coefficient (Wildman–Crippen LogP) is 4.78. The van der Waals surface area contributed by atoms with Gasteiger partial charge in [-0.2, -0.15) is 0 Å². The first-order valence-corrected chi connectivity index (χ1v) is 13.8. The Morgan fingerprint density at radius 1 is 0.605 bits per heavy atom. The lowest BCUT2D eigenvalue weighted by Crippen LogP contribution is -2.50. The summed E-state index contributed by atoms with van der Waals surface area (Å²) in [6, 6.07) is 31.8. The Balaban J connectivity index is 1.71. The first kappa shape index (κ1) is 30.5. The molecule has 0 aliphatic rings. The molecule has 0 radical (unpaired) electrons. The zero-order valence-corrected chi connectivity index (χ0v) is 24.5. The highest BCUT2D eigenvalue weighted by atomic mass is 16.2. The standard InChI is InChI=1S/C34H35N5O4/c1-25-13-12-19-29(21-25)37(3)34(43)38(28-17-8-5-9-18-28)24-33(42)39(30-20-11-10-14-26(30)22-31(35)40)23-32(41)36(2)27-15-6-4-7-16-27/h4-21H,22-24H2,1-3H3,(H2,35,40). The summed E-state index contributed by atoms with van der Waals surface area (Å²) in [7, 11) is 3.28. The molecule has 0 bridgehead atoms. The molecule has 5 amide bonds. The molecule has 0 heterocycles. The quantitative estimate of drug-likeness (QED) is 0.293. The van der Waals surface area contributed by atoms with Gasteiger partial charge in [0.1, 0.15) is 13.1 Å². The Morgan fingerprint density at radius 3 is 1.79 bits per heavy atom. The van der Waals surface area contributed by atoms with E-state index in [0.717, 1.165) is 5.56 Å². The van der Waals surface area contributed by atoms with Gasteiger partial charge in [-0.15, -0.1) is 0 Å². The number of anilines is 4. The van der Waals surface area contributed by atoms with Gasteiger partial charge in [-0.1, -0.05) is 66.7 Å². The lowest BCUT2D eigenvalue weighted by Gasteiger charge is -2.32. The second-order valence-electron chi connectivity index (χ2n) is 10.1. The van der Waals surface area contributed by atoms with Crippen molar-refractivity contribution in [2.24, 2.45) is 5.73 Å². The lowest BCUT2D eigenvalue weighted by molar-refractivity contribution is -0.121. The van der Waals surface area contributed by atoms with Crippen LogP contribution in [0.3, 0.4) is 0 Å². The summed E-state index contributed by atoms with van der Waals surface area (Å²) in [5, 5.41) is 0. The molecule has 0 aliphatic carbocycles. The normalized spacial score (nSPS) is 10.5. The number of hydrogen-bond donors (Lipinski definition) is 1. The molecule has 0 aromatic heterocycles. The van der Waals surface area contributed by atoms with Crippen molar-refractivity contribution in [2.75, 3.05) is 46.8 Å². The van der Waals surface area contributed by atoms with Gasteiger partial charge in [0, 0.05) is 36.8 Å². The van der Waals surface area contributed by atoms with E-state index in [1.54, 1.807) is 74.8 Å². The first-order valence-electron chi connectivity index (χ1n) is 13.8. The number of hydrogen-bond acceptors (Lipinski definition) is 4. The van der Waals surface area contributed by atoms with Crippen molar-refractivity contribution in [3.05, 3.63) is 120 Å². The number of rotatable bonds is 10. The summed E-state index contributed by atoms with van der Waals surface area (Å²) in [5.41, 5.74) is 9.20. The molecule has 0 fully saturated rings. The Kier molecular flexibility index (Phi) is 9.90. The molecular formula is C34H35N5O4. The van der Waals surface area contributed by atoms with Crippen LogP contribution in [0.5, 0.6) is 0 Å². The average molecular weight is 578 g/mol. The monoisotopic (exact) mass is 577 g/mol. The largest absolute Gasteiger partial charge is 0.369 e. The number of carbonyl (C=O) groups is 4. The Labute approximate surface area is 251 Å². The number of carbonyl (C=O) groups excluding carboxylic acids is 4. The molecule has 4 aromatic rings. The van der Waals surface area contributed by atoms with Crippen molar-refractivity contribution in [3.63, 3.8) is 0 Å². The summed E-state index contributed by atoms with van der Waals surface area (Å²) < 4.78 is 0. The van der Waals surface area contributed by atoms with Crippen LogP contribution >= 0.6 is 0 Å². The van der Waals surface area contributed by atoms with Crippen molar-refractivity contribution in [3.8, 4) is 0 Å². The smallest absolute Gasteiger partial charge is 0.329 e. The maximum atomic E-state index is 14.2. The molecule has 0 saturated heterocycles. The Hall–Kier alpha value is -5.44. The predicted molar refractivity (Wildman–Crippen MR) is 170 cm³/mol. The van der Waals surface area contributed by atoms with E-state index in [1.807, 2.05) is 55.5 Å². The van der Waals surface area contributed by atoms with E-state index in [4.69, 9.17) is 5.73 Å². The van der Waals surface area contributed by atoms with E-state index >= 15 is 0 Å². The highest BCUT2D eigenvalue weighted by molar-refractivity contribution is 6.10. The van der Waals surface area contributed by atoms with Gasteiger partial charge in [-0.25, -0.2) is 4.79 Å². The highest BCUT2D eigenvalue weighted by Crippen LogP contribution is 2.25. The number of primary amides is 1. The second-order valence-corrected chi connectivity index (χ2v) is 10.1. The molecule has 2 N–H and O–H groups in total. The topological polar surface area (TPSA) is 107 Å². The summed E-state index contributed by atoms with van der Waals surface area (Å²) in [6.45, 7) is 1.24. The maximum absolute atomic E-state index is 14.2. The number of nitrogens with two attached hydrogens (primary N) is 1. The van der Waals surface area contributed by atoms with Gasteiger partial charge in [0.05, 0.1) is 6.42 Å². The van der Waals surface area contributed by atoms with E-state index in [2.05, 4.69) is 0 Å². The molecule has 0 spiro atoms. The van der Waals surface area contributed by atoms with E-state index in [1.165, 1.54) is 19.6 Å². The first-order chi connectivity index (χ1) is 20.7. The molecule has 0 saturated carbocycles. The van der Waals surface area contributed by atoms with Crippen LogP contribution in [0.25, 0.3) is 0 Å². The van der Waals surface area contributed by atoms with Crippen LogP contribution in [0.4, 0.5) is 27.5 Å². The zero-order valence-electron chi connectivity index (χ0n) is 24.5. The molecule has 0 unspecified atom stereocenters. The number of para-hydroxylation sites is 3. The Morgan fingerprint density at radius 2 is 1.16 bits per heavy atom. The number of benzene rings is 4. The van der Waals surface area contributed by atoms with Crippen molar-refractivity contribution < 1.29 is 19.2 Å². The number of nitrogens with zero attached hydrogens (tertiary/aromatic N) is 4. The van der Waals surface area contributed by atoms with Gasteiger partial charge in [0.15, 0.2) is 0 Å². The summed E-state index contributed by atoms with van der Waals surface area (Å²) >= 11 is 0. The fraction of sp³-hybridized carbons (Fsp3) is 0.176. The molecule has 0 atom stereocenters. The number of aryl methyl sites for hydroxylation is 1. The van der Waals surface area contributed by atoms with Crippen LogP contribution in [-0.4, -0.2) is 50.9 Å². The van der Waals surface area contributed by atoms with Crippen molar-refractivity contribution in [2.45, 2.75) is 13.3 Å². The minimum absolute atomic E-state index is 0.125. The molecule has 0 aliphatic heterocycles. The third-order valence-corrected chi connectivity index (χ3v) is 7.03. The van der Waals surface area contributed by atoms with E-state index in [0.29, 0.717) is 28.3 Å². The fourth-order valence-corrected chi connectivity index (χ4v) is 4.68. The van der Waals surface area contributed by atoms with Crippen LogP contribution in [0.15, 0.2) is 109 Å². The fourth-order valence-electron chi connectivity index (χ4n) is 4.68. The SMILES string of the molecule is Cc1cccc(N(C)C(=O)N(CC(=O)N(CC(=O)N(C)c2ccccc2)c2ccccc2CC(N)=O)c2ccccc2)c1. The summed E-state index contributed by atoms with van der Waals surface area (Å²) in [4.78, 5) is 59.2. The van der Waals surface area contributed by atoms with Gasteiger partial charge >= 0.3 is 6.03 Å². The van der Waals surface area contributed by atoms with Gasteiger partial charge < -0.3 is 15.5 Å². The molecule has 43 heavy (non-hydrogen) atoms. The third kappa shape index (κ3) is 7.65. The van der Waals surface area contributed by atoms with E-state index in [-0.39, 0.29) is 25.4 Å². The molecule has 4 rings (SSSR count). The van der Waals surface area contributed by atoms with Crippen molar-refractivity contribution in [1.29, 1.82) is 0 Å². The minimum atomic E-state index is -0.576. The van der Waals surface area contributed by atoms with Crippen LogP contribution in [0, 0.1) is 6.92 Å². The molecule has 4 aromatic carbocycles. The molecule has 9 heteroatoms.